The third-order valence-electron chi connectivity index (χ3n) is 5.97. The number of aromatic amines is 1. The van der Waals surface area contributed by atoms with E-state index in [4.69, 9.17) is 0 Å². The van der Waals surface area contributed by atoms with Crippen molar-refractivity contribution < 1.29 is 0 Å². The van der Waals surface area contributed by atoms with Gasteiger partial charge in [-0.05, 0) is 56.1 Å². The Morgan fingerprint density at radius 2 is 2.12 bits per heavy atom. The van der Waals surface area contributed by atoms with Crippen LogP contribution in [0.4, 0.5) is 0 Å². The lowest BCUT2D eigenvalue weighted by molar-refractivity contribution is 0.310. The van der Waals surface area contributed by atoms with Crippen molar-refractivity contribution in [1.29, 1.82) is 0 Å². The first-order chi connectivity index (χ1) is 12.7. The van der Waals surface area contributed by atoms with E-state index in [1.807, 2.05) is 17.9 Å². The molecule has 1 atom stereocenters. The second-order valence-corrected chi connectivity index (χ2v) is 7.57. The predicted octanol–water partition coefficient (Wildman–Crippen LogP) is 4.36. The van der Waals surface area contributed by atoms with Gasteiger partial charge in [0, 0.05) is 41.1 Å². The minimum absolute atomic E-state index is 0.665. The van der Waals surface area contributed by atoms with Gasteiger partial charge in [0.1, 0.15) is 0 Å². The first-order valence-electron chi connectivity index (χ1n) is 9.42. The van der Waals surface area contributed by atoms with Crippen molar-refractivity contribution in [2.75, 3.05) is 13.6 Å². The normalized spacial score (nSPS) is 18.3. The summed E-state index contributed by atoms with van der Waals surface area (Å²) in [6, 6.07) is 13.9. The lowest BCUT2D eigenvalue weighted by Crippen LogP contribution is -2.26. The fourth-order valence-electron chi connectivity index (χ4n) is 4.47. The summed E-state index contributed by atoms with van der Waals surface area (Å²) in [7, 11) is 4.27. The molecule has 0 radical (unpaired) electrons. The van der Waals surface area contributed by atoms with E-state index >= 15 is 0 Å². The third kappa shape index (κ3) is 2.44. The van der Waals surface area contributed by atoms with Gasteiger partial charge in [-0.1, -0.05) is 24.3 Å². The van der Waals surface area contributed by atoms with Crippen LogP contribution in [0.3, 0.4) is 0 Å². The van der Waals surface area contributed by atoms with E-state index < -0.39 is 0 Å². The highest BCUT2D eigenvalue weighted by atomic mass is 15.2. The topological polar surface area (TPSA) is 36.9 Å². The maximum absolute atomic E-state index is 4.43. The van der Waals surface area contributed by atoms with E-state index in [0.717, 1.165) is 6.42 Å². The minimum Gasteiger partial charge on any atom is -0.361 e. The molecule has 132 valence electrons. The number of fused-ring (bicyclic) bond motifs is 2. The van der Waals surface area contributed by atoms with Crippen molar-refractivity contribution in [3.8, 4) is 11.1 Å². The molecular weight excluding hydrogens is 320 g/mol. The predicted molar refractivity (Wildman–Crippen MR) is 107 cm³/mol. The number of nitrogens with zero attached hydrogens (tertiary/aromatic N) is 3. The number of H-pyrrole nitrogens is 1. The van der Waals surface area contributed by atoms with Gasteiger partial charge in [-0.3, -0.25) is 4.68 Å². The average Bonchev–Trinajstić information content (AvgIpc) is 3.35. The monoisotopic (exact) mass is 344 g/mol. The highest BCUT2D eigenvalue weighted by Gasteiger charge is 2.22. The van der Waals surface area contributed by atoms with Crippen LogP contribution < -0.4 is 0 Å². The Kier molecular flexibility index (Phi) is 3.61. The molecule has 0 aliphatic carbocycles. The van der Waals surface area contributed by atoms with Crippen LogP contribution in [0.2, 0.25) is 0 Å². The van der Waals surface area contributed by atoms with Gasteiger partial charge >= 0.3 is 0 Å². The molecule has 3 heterocycles. The quantitative estimate of drug-likeness (QED) is 0.599. The van der Waals surface area contributed by atoms with Gasteiger partial charge in [0.05, 0.1) is 11.7 Å². The Balaban J connectivity index is 1.61. The molecule has 26 heavy (non-hydrogen) atoms. The van der Waals surface area contributed by atoms with Crippen LogP contribution in [0.25, 0.3) is 32.9 Å². The first kappa shape index (κ1) is 15.6. The van der Waals surface area contributed by atoms with Gasteiger partial charge in [-0.15, -0.1) is 0 Å². The summed E-state index contributed by atoms with van der Waals surface area (Å²) in [5.74, 6) is 0. The standard InChI is InChI=1S/C22H24N4/c1-25-10-4-6-18(25)11-17-13-23-21-9-8-15(12-20(17)21)19-7-3-5-16-14-24-26(2)22(16)19/h3,5,7-9,12-14,18,23H,4,6,10-11H2,1-2H3. The molecule has 0 bridgehead atoms. The zero-order chi connectivity index (χ0) is 17.7. The molecule has 1 N–H and O–H groups in total. The molecule has 2 aromatic heterocycles. The van der Waals surface area contributed by atoms with Gasteiger partial charge in [-0.25, -0.2) is 0 Å². The summed E-state index contributed by atoms with van der Waals surface area (Å²) in [4.78, 5) is 5.96. The Morgan fingerprint density at radius 3 is 2.96 bits per heavy atom. The SMILES string of the molecule is CN1CCCC1Cc1c[nH]c2ccc(-c3cccc4cnn(C)c34)cc12. The van der Waals surface area contributed by atoms with Crippen molar-refractivity contribution >= 4 is 21.8 Å². The van der Waals surface area contributed by atoms with Crippen molar-refractivity contribution in [3.05, 3.63) is 54.4 Å². The summed E-state index contributed by atoms with van der Waals surface area (Å²) in [6.07, 6.45) is 7.88. The molecule has 0 spiro atoms. The van der Waals surface area contributed by atoms with E-state index in [9.17, 15) is 0 Å². The van der Waals surface area contributed by atoms with E-state index in [0.29, 0.717) is 6.04 Å². The van der Waals surface area contributed by atoms with Crippen LogP contribution in [0.15, 0.2) is 48.8 Å². The number of benzene rings is 2. The number of nitrogens with one attached hydrogen (secondary N) is 1. The number of para-hydroxylation sites is 1. The van der Waals surface area contributed by atoms with Crippen LogP contribution in [-0.4, -0.2) is 39.3 Å². The zero-order valence-electron chi connectivity index (χ0n) is 15.4. The number of likely N-dealkylation sites (N-methyl/N-ethyl adjacent to an activating group) is 1. The molecule has 4 nitrogen and oxygen atoms in total. The van der Waals surface area contributed by atoms with E-state index in [1.165, 1.54) is 57.9 Å². The Morgan fingerprint density at radius 1 is 1.19 bits per heavy atom. The van der Waals surface area contributed by atoms with Crippen molar-refractivity contribution in [1.82, 2.24) is 19.7 Å². The summed E-state index contributed by atoms with van der Waals surface area (Å²) < 4.78 is 1.97. The van der Waals surface area contributed by atoms with E-state index in [1.54, 1.807) is 0 Å². The third-order valence-corrected chi connectivity index (χ3v) is 5.97. The summed E-state index contributed by atoms with van der Waals surface area (Å²) in [5, 5.41) is 6.97. The fraction of sp³-hybridized carbons (Fsp3) is 0.318. The second-order valence-electron chi connectivity index (χ2n) is 7.57. The maximum atomic E-state index is 4.43. The van der Waals surface area contributed by atoms with Crippen molar-refractivity contribution in [2.45, 2.75) is 25.3 Å². The highest BCUT2D eigenvalue weighted by Crippen LogP contribution is 2.32. The van der Waals surface area contributed by atoms with Crippen molar-refractivity contribution in [2.24, 2.45) is 7.05 Å². The molecule has 4 aromatic rings. The van der Waals surface area contributed by atoms with Gasteiger partial charge in [-0.2, -0.15) is 5.10 Å². The summed E-state index contributed by atoms with van der Waals surface area (Å²) in [6.45, 7) is 1.22. The number of aromatic nitrogens is 3. The molecule has 1 saturated heterocycles. The maximum Gasteiger partial charge on any atom is 0.0757 e. The van der Waals surface area contributed by atoms with Crippen LogP contribution in [-0.2, 0) is 13.5 Å². The lowest BCUT2D eigenvalue weighted by Gasteiger charge is -2.18. The van der Waals surface area contributed by atoms with Crippen LogP contribution in [0, 0.1) is 0 Å². The van der Waals surface area contributed by atoms with Crippen molar-refractivity contribution in [3.63, 3.8) is 0 Å². The number of aryl methyl sites for hydroxylation is 1. The molecule has 1 fully saturated rings. The Hall–Kier alpha value is -2.59. The molecule has 1 unspecified atom stereocenters. The van der Waals surface area contributed by atoms with Gasteiger partial charge in [0.2, 0.25) is 0 Å². The Bertz CT molecular complexity index is 1090. The summed E-state index contributed by atoms with van der Waals surface area (Å²) >= 11 is 0. The highest BCUT2D eigenvalue weighted by molar-refractivity contribution is 5.97. The average molecular weight is 344 g/mol. The number of rotatable bonds is 3. The minimum atomic E-state index is 0.665. The van der Waals surface area contributed by atoms with Gasteiger partial charge in [0.15, 0.2) is 0 Å². The van der Waals surface area contributed by atoms with Gasteiger partial charge in [0.25, 0.3) is 0 Å². The second kappa shape index (κ2) is 5.99. The summed E-state index contributed by atoms with van der Waals surface area (Å²) in [5.41, 5.74) is 6.35. The fourth-order valence-corrected chi connectivity index (χ4v) is 4.47. The largest absolute Gasteiger partial charge is 0.361 e. The Labute approximate surface area is 153 Å². The van der Waals surface area contributed by atoms with E-state index in [2.05, 4.69) is 64.6 Å². The number of likely N-dealkylation sites (tertiary alicyclic amines) is 1. The van der Waals surface area contributed by atoms with E-state index in [-0.39, 0.29) is 0 Å². The molecule has 5 rings (SSSR count). The number of hydrogen-bond acceptors (Lipinski definition) is 2. The number of hydrogen-bond donors (Lipinski definition) is 1. The van der Waals surface area contributed by atoms with Crippen LogP contribution >= 0.6 is 0 Å². The molecule has 2 aromatic carbocycles. The lowest BCUT2D eigenvalue weighted by atomic mass is 9.98. The molecule has 1 aliphatic heterocycles. The molecule has 0 saturated carbocycles. The van der Waals surface area contributed by atoms with Crippen LogP contribution in [0.1, 0.15) is 18.4 Å². The first-order valence-corrected chi connectivity index (χ1v) is 9.42. The zero-order valence-corrected chi connectivity index (χ0v) is 15.4. The molecule has 1 aliphatic rings. The smallest absolute Gasteiger partial charge is 0.0757 e. The van der Waals surface area contributed by atoms with Gasteiger partial charge < -0.3 is 9.88 Å². The molecule has 4 heteroatoms. The van der Waals surface area contributed by atoms with Crippen LogP contribution in [0.5, 0.6) is 0 Å². The molecular formula is C22H24N4. The molecule has 0 amide bonds.